The van der Waals surface area contributed by atoms with Crippen LogP contribution in [-0.4, -0.2) is 51.9 Å². The van der Waals surface area contributed by atoms with Crippen molar-refractivity contribution in [2.45, 2.75) is 63.3 Å². The Balaban J connectivity index is 2.65. The van der Waals surface area contributed by atoms with Crippen LogP contribution in [0.4, 0.5) is 0 Å². The number of ether oxygens (including phenoxy) is 1. The molecule has 0 radical (unpaired) electrons. The summed E-state index contributed by atoms with van der Waals surface area (Å²) in [6.07, 6.45) is -3.07. The van der Waals surface area contributed by atoms with Gasteiger partial charge in [0.15, 0.2) is 0 Å². The lowest BCUT2D eigenvalue weighted by molar-refractivity contribution is -0.224. The van der Waals surface area contributed by atoms with Gasteiger partial charge in [0.25, 0.3) is 0 Å². The Bertz CT molecular complexity index is 198. The van der Waals surface area contributed by atoms with Gasteiger partial charge in [-0.2, -0.15) is 0 Å². The molecule has 15 heavy (non-hydrogen) atoms. The molecule has 0 aromatic heterocycles. The van der Waals surface area contributed by atoms with Crippen LogP contribution >= 0.6 is 0 Å². The highest BCUT2D eigenvalue weighted by molar-refractivity contribution is 4.92. The second-order valence-electron chi connectivity index (χ2n) is 4.31. The molecule has 0 spiro atoms. The number of hydrogen-bond donors (Lipinski definition) is 4. The topological polar surface area (TPSA) is 95.9 Å². The summed E-state index contributed by atoms with van der Waals surface area (Å²) in [4.78, 5) is 0. The molecule has 0 aliphatic carbocycles. The molecule has 1 heterocycles. The molecule has 6 atom stereocenters. The Morgan fingerprint density at radius 3 is 2.13 bits per heavy atom. The maximum absolute atomic E-state index is 9.68. The van der Waals surface area contributed by atoms with Crippen LogP contribution in [0.15, 0.2) is 0 Å². The Labute approximate surface area is 89.9 Å². The van der Waals surface area contributed by atoms with Crippen molar-refractivity contribution >= 4 is 0 Å². The lowest BCUT2D eigenvalue weighted by Gasteiger charge is -2.41. The molecular weight excluding hydrogens is 198 g/mol. The van der Waals surface area contributed by atoms with Gasteiger partial charge in [0, 0.05) is 6.04 Å². The van der Waals surface area contributed by atoms with E-state index >= 15 is 0 Å². The van der Waals surface area contributed by atoms with E-state index in [9.17, 15) is 15.3 Å². The Hall–Kier alpha value is -0.200. The number of aliphatic hydroxyl groups is 3. The molecule has 0 amide bonds. The molecule has 1 aliphatic rings. The lowest BCUT2D eigenvalue weighted by atomic mass is 9.91. The van der Waals surface area contributed by atoms with E-state index < -0.39 is 30.5 Å². The van der Waals surface area contributed by atoms with Crippen molar-refractivity contribution in [1.82, 2.24) is 0 Å². The highest BCUT2D eigenvalue weighted by Crippen LogP contribution is 2.25. The predicted octanol–water partition coefficient (Wildman–Crippen LogP) is -1.02. The Kier molecular flexibility index (Phi) is 4.48. The molecule has 1 fully saturated rings. The second-order valence-corrected chi connectivity index (χ2v) is 4.31. The zero-order valence-electron chi connectivity index (χ0n) is 9.21. The van der Waals surface area contributed by atoms with Gasteiger partial charge in [0.2, 0.25) is 0 Å². The van der Waals surface area contributed by atoms with Crippen LogP contribution < -0.4 is 5.73 Å². The zero-order valence-corrected chi connectivity index (χ0v) is 9.21. The molecular formula is C10H21NO4. The number of rotatable bonds is 3. The molecule has 5 unspecified atom stereocenters. The van der Waals surface area contributed by atoms with Crippen LogP contribution in [0.2, 0.25) is 0 Å². The standard InChI is InChI=1S/C10H21NO4/c1-3-6-8(12)10(14)9(13)7(15-6)4-5(2)11/h5-10,12-14H,3-4,11H2,1-2H3/t5?,6-,7?,8?,9?,10?/m1/s1. The van der Waals surface area contributed by atoms with E-state index in [0.29, 0.717) is 12.8 Å². The first kappa shape index (κ1) is 12.9. The zero-order chi connectivity index (χ0) is 11.6. The fourth-order valence-corrected chi connectivity index (χ4v) is 1.93. The van der Waals surface area contributed by atoms with E-state index in [4.69, 9.17) is 10.5 Å². The number of hydrogen-bond acceptors (Lipinski definition) is 5. The fraction of sp³-hybridized carbons (Fsp3) is 1.00. The largest absolute Gasteiger partial charge is 0.388 e. The van der Waals surface area contributed by atoms with E-state index in [2.05, 4.69) is 0 Å². The summed E-state index contributed by atoms with van der Waals surface area (Å²) in [5.41, 5.74) is 5.62. The maximum atomic E-state index is 9.68. The summed E-state index contributed by atoms with van der Waals surface area (Å²) >= 11 is 0. The number of nitrogens with two attached hydrogens (primary N) is 1. The molecule has 1 saturated heterocycles. The molecule has 0 bridgehead atoms. The Morgan fingerprint density at radius 2 is 1.67 bits per heavy atom. The third-order valence-corrected chi connectivity index (χ3v) is 2.82. The van der Waals surface area contributed by atoms with E-state index in [1.54, 1.807) is 0 Å². The smallest absolute Gasteiger partial charge is 0.111 e. The third-order valence-electron chi connectivity index (χ3n) is 2.82. The van der Waals surface area contributed by atoms with Gasteiger partial charge in [0.1, 0.15) is 18.3 Å². The summed E-state index contributed by atoms with van der Waals surface area (Å²) in [6, 6.07) is -0.107. The SMILES string of the molecule is CC[C@H]1OC(CC(C)N)C(O)C(O)C1O. The predicted molar refractivity (Wildman–Crippen MR) is 55.2 cm³/mol. The van der Waals surface area contributed by atoms with Crippen molar-refractivity contribution in [2.24, 2.45) is 5.73 Å². The minimum atomic E-state index is -1.15. The number of aliphatic hydroxyl groups excluding tert-OH is 3. The van der Waals surface area contributed by atoms with E-state index in [0.717, 1.165) is 0 Å². The third kappa shape index (κ3) is 2.89. The van der Waals surface area contributed by atoms with Crippen molar-refractivity contribution in [3.63, 3.8) is 0 Å². The van der Waals surface area contributed by atoms with Crippen LogP contribution in [0.3, 0.4) is 0 Å². The first-order chi connectivity index (χ1) is 6.97. The summed E-state index contributed by atoms with van der Waals surface area (Å²) in [7, 11) is 0. The van der Waals surface area contributed by atoms with Gasteiger partial charge in [-0.3, -0.25) is 0 Å². The van der Waals surface area contributed by atoms with Gasteiger partial charge >= 0.3 is 0 Å². The van der Waals surface area contributed by atoms with Crippen molar-refractivity contribution in [3.05, 3.63) is 0 Å². The molecule has 5 nitrogen and oxygen atoms in total. The van der Waals surface area contributed by atoms with E-state index in [-0.39, 0.29) is 6.04 Å². The first-order valence-corrected chi connectivity index (χ1v) is 5.42. The average Bonchev–Trinajstić information content (AvgIpc) is 2.18. The quantitative estimate of drug-likeness (QED) is 0.487. The van der Waals surface area contributed by atoms with Crippen LogP contribution in [0.25, 0.3) is 0 Å². The van der Waals surface area contributed by atoms with Gasteiger partial charge in [-0.05, 0) is 19.8 Å². The summed E-state index contributed by atoms with van der Waals surface area (Å²) in [6.45, 7) is 3.68. The van der Waals surface area contributed by atoms with Gasteiger partial charge in [-0.15, -0.1) is 0 Å². The van der Waals surface area contributed by atoms with Crippen LogP contribution in [0, 0.1) is 0 Å². The molecule has 1 rings (SSSR count). The van der Waals surface area contributed by atoms with Gasteiger partial charge in [0.05, 0.1) is 12.2 Å². The van der Waals surface area contributed by atoms with Gasteiger partial charge < -0.3 is 25.8 Å². The molecule has 0 aromatic carbocycles. The highest BCUT2D eigenvalue weighted by atomic mass is 16.5. The van der Waals surface area contributed by atoms with Gasteiger partial charge in [-0.1, -0.05) is 6.92 Å². The van der Waals surface area contributed by atoms with Crippen LogP contribution in [0.5, 0.6) is 0 Å². The minimum absolute atomic E-state index is 0.107. The monoisotopic (exact) mass is 219 g/mol. The summed E-state index contributed by atoms with van der Waals surface area (Å²) in [5.74, 6) is 0. The first-order valence-electron chi connectivity index (χ1n) is 5.42. The van der Waals surface area contributed by atoms with Crippen LogP contribution in [-0.2, 0) is 4.74 Å². The molecule has 5 heteroatoms. The highest BCUT2D eigenvalue weighted by Gasteiger charge is 2.42. The summed E-state index contributed by atoms with van der Waals surface area (Å²) < 4.78 is 5.50. The van der Waals surface area contributed by atoms with Gasteiger partial charge in [-0.25, -0.2) is 0 Å². The summed E-state index contributed by atoms with van der Waals surface area (Å²) in [5, 5.41) is 28.9. The maximum Gasteiger partial charge on any atom is 0.111 e. The van der Waals surface area contributed by atoms with Crippen molar-refractivity contribution in [2.75, 3.05) is 0 Å². The average molecular weight is 219 g/mol. The molecule has 1 aliphatic heterocycles. The van der Waals surface area contributed by atoms with Crippen molar-refractivity contribution < 1.29 is 20.1 Å². The second kappa shape index (κ2) is 5.23. The molecule has 5 N–H and O–H groups in total. The molecule has 0 saturated carbocycles. The minimum Gasteiger partial charge on any atom is -0.388 e. The lowest BCUT2D eigenvalue weighted by Crippen LogP contribution is -2.58. The van der Waals surface area contributed by atoms with E-state index in [1.165, 1.54) is 0 Å². The Morgan fingerprint density at radius 1 is 1.13 bits per heavy atom. The molecule has 0 aromatic rings. The fourth-order valence-electron chi connectivity index (χ4n) is 1.93. The van der Waals surface area contributed by atoms with Crippen molar-refractivity contribution in [3.8, 4) is 0 Å². The molecule has 90 valence electrons. The van der Waals surface area contributed by atoms with Crippen LogP contribution in [0.1, 0.15) is 26.7 Å². The van der Waals surface area contributed by atoms with E-state index in [1.807, 2.05) is 13.8 Å². The van der Waals surface area contributed by atoms with Crippen molar-refractivity contribution in [1.29, 1.82) is 0 Å². The normalized spacial score (nSPS) is 44.0.